The highest BCUT2D eigenvalue weighted by Crippen LogP contribution is 2.40. The highest BCUT2D eigenvalue weighted by Gasteiger charge is 2.36. The van der Waals surface area contributed by atoms with Crippen LogP contribution in [0.2, 0.25) is 0 Å². The average molecular weight is 480 g/mol. The van der Waals surface area contributed by atoms with Crippen LogP contribution in [-0.4, -0.2) is 6.36 Å². The molecule has 4 rings (SSSR count). The number of halogens is 6. The summed E-state index contributed by atoms with van der Waals surface area (Å²) in [5.41, 5.74) is 1.84. The fourth-order valence-corrected chi connectivity index (χ4v) is 4.89. The lowest BCUT2D eigenvalue weighted by Gasteiger charge is -2.27. The first-order chi connectivity index (χ1) is 16.2. The molecule has 0 aliphatic heterocycles. The lowest BCUT2D eigenvalue weighted by Crippen LogP contribution is -2.21. The van der Waals surface area contributed by atoms with Gasteiger partial charge in [-0.1, -0.05) is 56.5 Å². The topological polar surface area (TPSA) is 9.23 Å². The predicted molar refractivity (Wildman–Crippen MR) is 120 cm³/mol. The zero-order valence-electron chi connectivity index (χ0n) is 18.9. The largest absolute Gasteiger partial charge is 0.573 e. The molecule has 1 nitrogen and oxygen atoms in total. The van der Waals surface area contributed by atoms with E-state index in [0.717, 1.165) is 36.3 Å². The molecule has 3 aromatic carbocycles. The maximum Gasteiger partial charge on any atom is 0.573 e. The molecule has 0 fully saturated rings. The van der Waals surface area contributed by atoms with E-state index < -0.39 is 23.7 Å². The Morgan fingerprint density at radius 2 is 1.74 bits per heavy atom. The maximum atomic E-state index is 15.4. The van der Waals surface area contributed by atoms with Gasteiger partial charge in [0.25, 0.3) is 0 Å². The smallest absolute Gasteiger partial charge is 0.399 e. The Hall–Kier alpha value is -2.70. The monoisotopic (exact) mass is 480 g/mol. The van der Waals surface area contributed by atoms with Crippen LogP contribution in [0.15, 0.2) is 36.4 Å². The molecule has 34 heavy (non-hydrogen) atoms. The first-order valence-corrected chi connectivity index (χ1v) is 11.6. The van der Waals surface area contributed by atoms with E-state index in [1.165, 1.54) is 12.8 Å². The SMILES string of the molecule is CCCCCCc1ccc2c(F)c(C3CCc4c(cc(F)c(OC(F)(F)F)c4F)C3)ccc2c1. The summed E-state index contributed by atoms with van der Waals surface area (Å²) in [5, 5.41) is 1.29. The molecular weight excluding hydrogens is 454 g/mol. The van der Waals surface area contributed by atoms with E-state index >= 15 is 4.39 Å². The third kappa shape index (κ3) is 5.18. The lowest BCUT2D eigenvalue weighted by molar-refractivity contribution is -0.276. The predicted octanol–water partition coefficient (Wildman–Crippen LogP) is 8.55. The van der Waals surface area contributed by atoms with E-state index in [1.54, 1.807) is 12.1 Å². The number of benzene rings is 3. The normalized spacial score (nSPS) is 16.0. The van der Waals surface area contributed by atoms with Crippen molar-refractivity contribution in [2.75, 3.05) is 0 Å². The molecule has 0 amide bonds. The van der Waals surface area contributed by atoms with Gasteiger partial charge in [0.15, 0.2) is 11.6 Å². The van der Waals surface area contributed by atoms with Gasteiger partial charge in [0.05, 0.1) is 0 Å². The minimum atomic E-state index is -5.20. The van der Waals surface area contributed by atoms with E-state index in [2.05, 4.69) is 11.7 Å². The van der Waals surface area contributed by atoms with E-state index in [-0.39, 0.29) is 35.7 Å². The molecule has 0 radical (unpaired) electrons. The molecule has 3 aromatic rings. The Labute approximate surface area is 194 Å². The van der Waals surface area contributed by atoms with E-state index in [0.29, 0.717) is 17.4 Å². The first kappa shape index (κ1) is 24.4. The fourth-order valence-electron chi connectivity index (χ4n) is 4.89. The molecule has 1 atom stereocenters. The van der Waals surface area contributed by atoms with Crippen LogP contribution in [0.4, 0.5) is 26.3 Å². The Bertz CT molecular complexity index is 1180. The van der Waals surface area contributed by atoms with Crippen molar-refractivity contribution in [2.45, 2.75) is 70.6 Å². The van der Waals surface area contributed by atoms with Crippen LogP contribution in [0.1, 0.15) is 67.2 Å². The van der Waals surface area contributed by atoms with Gasteiger partial charge in [0, 0.05) is 5.39 Å². The zero-order valence-corrected chi connectivity index (χ0v) is 18.9. The minimum absolute atomic E-state index is 0.00851. The van der Waals surface area contributed by atoms with Crippen LogP contribution in [-0.2, 0) is 19.3 Å². The third-order valence-corrected chi connectivity index (χ3v) is 6.60. The molecule has 1 aliphatic carbocycles. The van der Waals surface area contributed by atoms with Crippen LogP contribution < -0.4 is 4.74 Å². The zero-order chi connectivity index (χ0) is 24.5. The van der Waals surface area contributed by atoms with Crippen molar-refractivity contribution in [2.24, 2.45) is 0 Å². The molecule has 0 saturated carbocycles. The van der Waals surface area contributed by atoms with Crippen molar-refractivity contribution in [1.29, 1.82) is 0 Å². The summed E-state index contributed by atoms with van der Waals surface area (Å²) in [4.78, 5) is 0. The van der Waals surface area contributed by atoms with Crippen LogP contribution >= 0.6 is 0 Å². The molecule has 0 saturated heterocycles. The summed E-state index contributed by atoms with van der Waals surface area (Å²) in [6, 6.07) is 10.2. The minimum Gasteiger partial charge on any atom is -0.399 e. The molecule has 7 heteroatoms. The van der Waals surface area contributed by atoms with Crippen molar-refractivity contribution >= 4 is 10.8 Å². The summed E-state index contributed by atoms with van der Waals surface area (Å²) >= 11 is 0. The highest BCUT2D eigenvalue weighted by molar-refractivity contribution is 5.84. The van der Waals surface area contributed by atoms with Gasteiger partial charge in [-0.3, -0.25) is 0 Å². The van der Waals surface area contributed by atoms with Crippen LogP contribution in [0.5, 0.6) is 5.75 Å². The van der Waals surface area contributed by atoms with Gasteiger partial charge in [0.2, 0.25) is 5.75 Å². The Morgan fingerprint density at radius 1 is 0.941 bits per heavy atom. The molecule has 0 spiro atoms. The number of unbranched alkanes of at least 4 members (excludes halogenated alkanes) is 3. The number of alkyl halides is 3. The van der Waals surface area contributed by atoms with Gasteiger partial charge in [-0.15, -0.1) is 13.2 Å². The average Bonchev–Trinajstić information content (AvgIpc) is 2.79. The number of aryl methyl sites for hydroxylation is 1. The summed E-state index contributed by atoms with van der Waals surface area (Å²) in [7, 11) is 0. The lowest BCUT2D eigenvalue weighted by atomic mass is 9.79. The van der Waals surface area contributed by atoms with Crippen molar-refractivity contribution in [1.82, 2.24) is 0 Å². The molecule has 0 N–H and O–H groups in total. The van der Waals surface area contributed by atoms with Gasteiger partial charge in [-0.2, -0.15) is 0 Å². The van der Waals surface area contributed by atoms with Crippen molar-refractivity contribution in [3.05, 3.63) is 76.1 Å². The van der Waals surface area contributed by atoms with Crippen LogP contribution in [0, 0.1) is 17.5 Å². The molecule has 1 aliphatic rings. The fraction of sp³-hybridized carbons (Fsp3) is 0.407. The number of ether oxygens (including phenoxy) is 1. The Kier molecular flexibility index (Phi) is 7.10. The van der Waals surface area contributed by atoms with Gasteiger partial charge in [-0.05, 0) is 71.7 Å². The summed E-state index contributed by atoms with van der Waals surface area (Å²) in [6.45, 7) is 2.16. The van der Waals surface area contributed by atoms with Gasteiger partial charge >= 0.3 is 6.36 Å². The summed E-state index contributed by atoms with van der Waals surface area (Å²) in [6.07, 6.45) is 0.882. The first-order valence-electron chi connectivity index (χ1n) is 11.6. The molecule has 0 bridgehead atoms. The van der Waals surface area contributed by atoms with Gasteiger partial charge in [0.1, 0.15) is 5.82 Å². The number of hydrogen-bond donors (Lipinski definition) is 0. The second-order valence-corrected chi connectivity index (χ2v) is 8.96. The van der Waals surface area contributed by atoms with Crippen molar-refractivity contribution in [3.8, 4) is 5.75 Å². The Balaban J connectivity index is 1.57. The van der Waals surface area contributed by atoms with Crippen molar-refractivity contribution < 1.29 is 31.1 Å². The Morgan fingerprint density at radius 3 is 2.47 bits per heavy atom. The van der Waals surface area contributed by atoms with Crippen LogP contribution in [0.25, 0.3) is 10.8 Å². The van der Waals surface area contributed by atoms with Gasteiger partial charge in [-0.25, -0.2) is 13.2 Å². The number of fused-ring (bicyclic) bond motifs is 2. The molecule has 1 unspecified atom stereocenters. The standard InChI is InChI=1S/C27H26F6O/c1-2-3-4-5-6-16-7-10-20-17(13-16)8-11-21(24(20)29)18-9-12-22-19(14-18)15-23(28)26(25(22)30)34-27(31,32)33/h7-8,10-11,13,15,18H,2-6,9,12,14H2,1H3. The van der Waals surface area contributed by atoms with E-state index in [9.17, 15) is 22.0 Å². The molecule has 182 valence electrons. The van der Waals surface area contributed by atoms with E-state index in [1.807, 2.05) is 18.2 Å². The molecule has 0 aromatic heterocycles. The maximum absolute atomic E-state index is 15.4. The third-order valence-electron chi connectivity index (χ3n) is 6.60. The number of rotatable bonds is 7. The van der Waals surface area contributed by atoms with Gasteiger partial charge < -0.3 is 4.74 Å². The summed E-state index contributed by atoms with van der Waals surface area (Å²) in [5.74, 6) is -4.89. The highest BCUT2D eigenvalue weighted by atomic mass is 19.4. The summed E-state index contributed by atoms with van der Waals surface area (Å²) < 4.78 is 85.3. The number of hydrogen-bond acceptors (Lipinski definition) is 1. The van der Waals surface area contributed by atoms with Crippen LogP contribution in [0.3, 0.4) is 0 Å². The second kappa shape index (κ2) is 9.88. The molecular formula is C27H26F6O. The van der Waals surface area contributed by atoms with E-state index in [4.69, 9.17) is 0 Å². The second-order valence-electron chi connectivity index (χ2n) is 8.96. The molecule has 0 heterocycles. The van der Waals surface area contributed by atoms with Crippen molar-refractivity contribution in [3.63, 3.8) is 0 Å². The quantitative estimate of drug-likeness (QED) is 0.243.